The van der Waals surface area contributed by atoms with Crippen LogP contribution in [0.15, 0.2) is 53.6 Å². The molecule has 0 aromatic heterocycles. The van der Waals surface area contributed by atoms with Crippen molar-refractivity contribution in [1.29, 1.82) is 0 Å². The first kappa shape index (κ1) is 18.2. The van der Waals surface area contributed by atoms with Crippen molar-refractivity contribution in [3.63, 3.8) is 0 Å². The summed E-state index contributed by atoms with van der Waals surface area (Å²) in [4.78, 5) is 0. The number of fused-ring (bicyclic) bond motifs is 1. The van der Waals surface area contributed by atoms with Crippen molar-refractivity contribution < 1.29 is 9.47 Å². The number of hydrazone groups is 1. The minimum Gasteiger partial charge on any atom is -0.454 e. The topological polar surface area (TPSA) is 54.9 Å². The third kappa shape index (κ3) is 4.95. The molecule has 0 fully saturated rings. The molecular formula is C20H23N3O2S. The molecule has 1 aliphatic heterocycles. The first-order valence-electron chi connectivity index (χ1n) is 8.66. The van der Waals surface area contributed by atoms with Crippen molar-refractivity contribution in [2.24, 2.45) is 11.0 Å². The standard InChI is InChI=1S/C20H23N3O2S/c1-14(2)10-17(16-6-4-3-5-7-16)22-23-20(26)21-12-15-8-9-18-19(11-15)25-13-24-18/h3-9,11,14H,10,12-13H2,1-2H3,(H2,21,23,26)/b22-17-. The molecule has 2 aromatic rings. The van der Waals surface area contributed by atoms with Gasteiger partial charge in [-0.2, -0.15) is 5.10 Å². The number of rotatable bonds is 6. The number of nitrogens with one attached hydrogen (secondary N) is 2. The summed E-state index contributed by atoms with van der Waals surface area (Å²) >= 11 is 5.35. The van der Waals surface area contributed by atoms with Gasteiger partial charge in [-0.25, -0.2) is 0 Å². The summed E-state index contributed by atoms with van der Waals surface area (Å²) in [7, 11) is 0. The number of benzene rings is 2. The van der Waals surface area contributed by atoms with E-state index in [1.165, 1.54) is 0 Å². The Bertz CT molecular complexity index is 791. The van der Waals surface area contributed by atoms with Gasteiger partial charge in [-0.1, -0.05) is 50.2 Å². The maximum atomic E-state index is 5.39. The van der Waals surface area contributed by atoms with Gasteiger partial charge in [-0.05, 0) is 47.8 Å². The smallest absolute Gasteiger partial charge is 0.231 e. The van der Waals surface area contributed by atoms with Gasteiger partial charge in [-0.15, -0.1) is 0 Å². The molecule has 0 unspecified atom stereocenters. The number of nitrogens with zero attached hydrogens (tertiary/aromatic N) is 1. The first-order valence-corrected chi connectivity index (χ1v) is 9.07. The van der Waals surface area contributed by atoms with Crippen LogP contribution in [-0.4, -0.2) is 17.6 Å². The van der Waals surface area contributed by atoms with Crippen LogP contribution >= 0.6 is 12.2 Å². The summed E-state index contributed by atoms with van der Waals surface area (Å²) in [6, 6.07) is 16.0. The fraction of sp³-hybridized carbons (Fsp3) is 0.300. The van der Waals surface area contributed by atoms with Crippen molar-refractivity contribution >= 4 is 23.0 Å². The molecule has 3 rings (SSSR count). The molecule has 0 bridgehead atoms. The molecule has 0 aliphatic carbocycles. The molecule has 0 atom stereocenters. The van der Waals surface area contributed by atoms with E-state index in [9.17, 15) is 0 Å². The van der Waals surface area contributed by atoms with E-state index in [-0.39, 0.29) is 6.79 Å². The van der Waals surface area contributed by atoms with Crippen LogP contribution in [0.2, 0.25) is 0 Å². The van der Waals surface area contributed by atoms with Gasteiger partial charge >= 0.3 is 0 Å². The lowest BCUT2D eigenvalue weighted by Crippen LogP contribution is -2.32. The van der Waals surface area contributed by atoms with Gasteiger partial charge in [0.1, 0.15) is 0 Å². The van der Waals surface area contributed by atoms with E-state index in [4.69, 9.17) is 21.7 Å². The highest BCUT2D eigenvalue weighted by Crippen LogP contribution is 2.32. The van der Waals surface area contributed by atoms with Gasteiger partial charge in [0, 0.05) is 6.54 Å². The first-order chi connectivity index (χ1) is 12.6. The number of ether oxygens (including phenoxy) is 2. The van der Waals surface area contributed by atoms with Gasteiger partial charge in [0.15, 0.2) is 16.6 Å². The molecule has 6 heteroatoms. The van der Waals surface area contributed by atoms with Crippen molar-refractivity contribution in [3.05, 3.63) is 59.7 Å². The Labute approximate surface area is 159 Å². The average Bonchev–Trinajstić information content (AvgIpc) is 3.11. The molecular weight excluding hydrogens is 346 g/mol. The van der Waals surface area contributed by atoms with E-state index in [0.29, 0.717) is 17.6 Å². The highest BCUT2D eigenvalue weighted by atomic mass is 32.1. The Morgan fingerprint density at radius 3 is 2.65 bits per heavy atom. The van der Waals surface area contributed by atoms with Crippen molar-refractivity contribution in [1.82, 2.24) is 10.7 Å². The van der Waals surface area contributed by atoms with Gasteiger partial charge in [0.2, 0.25) is 6.79 Å². The van der Waals surface area contributed by atoms with E-state index >= 15 is 0 Å². The van der Waals surface area contributed by atoms with Crippen LogP contribution in [0, 0.1) is 5.92 Å². The Hall–Kier alpha value is -2.60. The fourth-order valence-electron chi connectivity index (χ4n) is 2.64. The molecule has 1 aliphatic rings. The molecule has 0 amide bonds. The quantitative estimate of drug-likeness (QED) is 0.460. The Balaban J connectivity index is 1.58. The zero-order chi connectivity index (χ0) is 18.4. The van der Waals surface area contributed by atoms with Crippen molar-refractivity contribution in [3.8, 4) is 11.5 Å². The largest absolute Gasteiger partial charge is 0.454 e. The lowest BCUT2D eigenvalue weighted by atomic mass is 10.0. The maximum Gasteiger partial charge on any atom is 0.231 e. The Morgan fingerprint density at radius 2 is 1.88 bits per heavy atom. The predicted molar refractivity (Wildman–Crippen MR) is 108 cm³/mol. The summed E-state index contributed by atoms with van der Waals surface area (Å²) in [5, 5.41) is 8.18. The molecule has 26 heavy (non-hydrogen) atoms. The van der Waals surface area contributed by atoms with Crippen molar-refractivity contribution in [2.75, 3.05) is 6.79 Å². The molecule has 136 valence electrons. The summed E-state index contributed by atoms with van der Waals surface area (Å²) in [5.74, 6) is 2.05. The predicted octanol–water partition coefficient (Wildman–Crippen LogP) is 3.83. The van der Waals surface area contributed by atoms with Crippen LogP contribution < -0.4 is 20.2 Å². The zero-order valence-corrected chi connectivity index (χ0v) is 15.8. The minimum atomic E-state index is 0.277. The minimum absolute atomic E-state index is 0.277. The molecule has 5 nitrogen and oxygen atoms in total. The second kappa shape index (κ2) is 8.67. The van der Waals surface area contributed by atoms with E-state index in [0.717, 1.165) is 34.8 Å². The van der Waals surface area contributed by atoms with Crippen LogP contribution in [0.4, 0.5) is 0 Å². The lowest BCUT2D eigenvalue weighted by molar-refractivity contribution is 0.174. The monoisotopic (exact) mass is 369 g/mol. The van der Waals surface area contributed by atoms with Gasteiger partial charge < -0.3 is 14.8 Å². The van der Waals surface area contributed by atoms with Gasteiger partial charge in [-0.3, -0.25) is 5.43 Å². The van der Waals surface area contributed by atoms with E-state index in [2.05, 4.69) is 41.8 Å². The van der Waals surface area contributed by atoms with Gasteiger partial charge in [0.05, 0.1) is 5.71 Å². The van der Waals surface area contributed by atoms with Gasteiger partial charge in [0.25, 0.3) is 0 Å². The third-order valence-corrected chi connectivity index (χ3v) is 4.13. The number of hydrogen-bond acceptors (Lipinski definition) is 4. The molecule has 0 saturated carbocycles. The Morgan fingerprint density at radius 1 is 1.12 bits per heavy atom. The summed E-state index contributed by atoms with van der Waals surface area (Å²) < 4.78 is 10.7. The Kier molecular flexibility index (Phi) is 6.07. The van der Waals surface area contributed by atoms with Crippen LogP contribution in [0.5, 0.6) is 11.5 Å². The van der Waals surface area contributed by atoms with Crippen LogP contribution in [-0.2, 0) is 6.54 Å². The molecule has 2 aromatic carbocycles. The summed E-state index contributed by atoms with van der Waals surface area (Å²) in [6.07, 6.45) is 0.877. The summed E-state index contributed by atoms with van der Waals surface area (Å²) in [5.41, 5.74) is 6.12. The zero-order valence-electron chi connectivity index (χ0n) is 15.0. The maximum absolute atomic E-state index is 5.39. The highest BCUT2D eigenvalue weighted by molar-refractivity contribution is 7.80. The van der Waals surface area contributed by atoms with E-state index in [1.807, 2.05) is 36.4 Å². The van der Waals surface area contributed by atoms with Crippen LogP contribution in [0.25, 0.3) is 0 Å². The molecule has 0 radical (unpaired) electrons. The molecule has 2 N–H and O–H groups in total. The van der Waals surface area contributed by atoms with Crippen LogP contribution in [0.1, 0.15) is 31.4 Å². The van der Waals surface area contributed by atoms with E-state index in [1.54, 1.807) is 0 Å². The molecule has 0 saturated heterocycles. The highest BCUT2D eigenvalue weighted by Gasteiger charge is 2.13. The fourth-order valence-corrected chi connectivity index (χ4v) is 2.75. The lowest BCUT2D eigenvalue weighted by Gasteiger charge is -2.12. The summed E-state index contributed by atoms with van der Waals surface area (Å²) in [6.45, 7) is 5.21. The number of thiocarbonyl (C=S) groups is 1. The van der Waals surface area contributed by atoms with Crippen LogP contribution in [0.3, 0.4) is 0 Å². The average molecular weight is 369 g/mol. The van der Waals surface area contributed by atoms with Crippen molar-refractivity contribution in [2.45, 2.75) is 26.8 Å². The third-order valence-electron chi connectivity index (χ3n) is 3.89. The molecule has 1 heterocycles. The number of hydrogen-bond donors (Lipinski definition) is 2. The molecule has 0 spiro atoms. The second-order valence-corrected chi connectivity index (χ2v) is 6.91. The van der Waals surface area contributed by atoms with E-state index < -0.39 is 0 Å². The second-order valence-electron chi connectivity index (χ2n) is 6.50. The SMILES string of the molecule is CC(C)C/C(=N/NC(=S)NCc1ccc2c(c1)OCO2)c1ccccc1. The normalized spacial score (nSPS) is 13.0.